The zero-order chi connectivity index (χ0) is 17.6. The van der Waals surface area contributed by atoms with Crippen molar-refractivity contribution < 1.29 is 19.0 Å². The highest BCUT2D eigenvalue weighted by atomic mass is 16.6. The molecule has 3 rings (SSSR count). The fourth-order valence-electron chi connectivity index (χ4n) is 2.91. The summed E-state index contributed by atoms with van der Waals surface area (Å²) < 4.78 is 16.3. The Hall–Kier alpha value is -2.33. The van der Waals surface area contributed by atoms with E-state index in [1.165, 1.54) is 0 Å². The number of hydrogen-bond acceptors (Lipinski definition) is 4. The van der Waals surface area contributed by atoms with Gasteiger partial charge in [-0.1, -0.05) is 56.2 Å². The van der Waals surface area contributed by atoms with Crippen LogP contribution in [0.4, 0.5) is 0 Å². The predicted molar refractivity (Wildman–Crippen MR) is 96.5 cm³/mol. The zero-order valence-electron chi connectivity index (χ0n) is 14.7. The first-order valence-electron chi connectivity index (χ1n) is 8.80. The molecule has 0 spiro atoms. The van der Waals surface area contributed by atoms with Crippen molar-refractivity contribution in [2.75, 3.05) is 13.7 Å². The number of benzene rings is 2. The van der Waals surface area contributed by atoms with E-state index in [0.29, 0.717) is 6.61 Å². The normalized spacial score (nSPS) is 18.6. The highest BCUT2D eigenvalue weighted by Gasteiger charge is 2.48. The molecule has 0 bridgehead atoms. The fraction of sp³-hybridized carbons (Fsp3) is 0.381. The molecule has 2 atom stereocenters. The van der Waals surface area contributed by atoms with Gasteiger partial charge in [-0.3, -0.25) is 0 Å². The molecule has 0 N–H and O–H groups in total. The topological polar surface area (TPSA) is 48.1 Å². The Morgan fingerprint density at radius 2 is 1.92 bits per heavy atom. The van der Waals surface area contributed by atoms with Crippen LogP contribution < -0.4 is 4.74 Å². The molecule has 1 aliphatic heterocycles. The van der Waals surface area contributed by atoms with Gasteiger partial charge in [0.15, 0.2) is 6.10 Å². The summed E-state index contributed by atoms with van der Waals surface area (Å²) in [6, 6.07) is 15.9. The van der Waals surface area contributed by atoms with E-state index >= 15 is 0 Å². The van der Waals surface area contributed by atoms with E-state index in [2.05, 4.69) is 6.92 Å². The van der Waals surface area contributed by atoms with Crippen LogP contribution in [0.5, 0.6) is 5.75 Å². The first kappa shape index (κ1) is 17.5. The predicted octanol–water partition coefficient (Wildman–Crippen LogP) is 4.54. The average Bonchev–Trinajstić information content (AvgIpc) is 3.46. The van der Waals surface area contributed by atoms with Crippen molar-refractivity contribution >= 4 is 5.97 Å². The van der Waals surface area contributed by atoms with Crippen LogP contribution in [0.2, 0.25) is 0 Å². The molecular formula is C21H24O4. The molecule has 2 unspecified atom stereocenters. The van der Waals surface area contributed by atoms with Gasteiger partial charge in [0.1, 0.15) is 11.9 Å². The first-order chi connectivity index (χ1) is 12.2. The zero-order valence-corrected chi connectivity index (χ0v) is 14.7. The lowest BCUT2D eigenvalue weighted by molar-refractivity contribution is -0.145. The van der Waals surface area contributed by atoms with E-state index in [1.807, 2.05) is 48.5 Å². The smallest absolute Gasteiger partial charge is 0.338 e. The number of hydrogen-bond donors (Lipinski definition) is 0. The largest absolute Gasteiger partial charge is 0.497 e. The monoisotopic (exact) mass is 340 g/mol. The van der Waals surface area contributed by atoms with Crippen molar-refractivity contribution in [2.24, 2.45) is 0 Å². The molecule has 1 heterocycles. The van der Waals surface area contributed by atoms with Crippen LogP contribution in [0.15, 0.2) is 48.5 Å². The lowest BCUT2D eigenvalue weighted by Gasteiger charge is -2.10. The van der Waals surface area contributed by atoms with E-state index in [-0.39, 0.29) is 12.1 Å². The van der Waals surface area contributed by atoms with Gasteiger partial charge < -0.3 is 14.2 Å². The Labute approximate surface area is 148 Å². The Bertz CT molecular complexity index is 711. The summed E-state index contributed by atoms with van der Waals surface area (Å²) in [7, 11) is 1.65. The standard InChI is InChI=1S/C21H24O4/c1-3-4-8-13-24-21(22)20-19(25-20)17-12-11-16(23-2)14-18(17)15-9-6-5-7-10-15/h5-7,9-12,14,19-20H,3-4,8,13H2,1-2H3. The van der Waals surface area contributed by atoms with Crippen LogP contribution in [-0.2, 0) is 14.3 Å². The molecule has 4 heteroatoms. The van der Waals surface area contributed by atoms with E-state index in [9.17, 15) is 4.79 Å². The lowest BCUT2D eigenvalue weighted by Crippen LogP contribution is -2.13. The molecular weight excluding hydrogens is 316 g/mol. The second-order valence-corrected chi connectivity index (χ2v) is 6.17. The number of carbonyl (C=O) groups is 1. The van der Waals surface area contributed by atoms with Gasteiger partial charge in [-0.25, -0.2) is 4.79 Å². The van der Waals surface area contributed by atoms with Gasteiger partial charge >= 0.3 is 5.97 Å². The van der Waals surface area contributed by atoms with Crippen LogP contribution in [0.25, 0.3) is 11.1 Å². The second kappa shape index (κ2) is 8.17. The number of carbonyl (C=O) groups excluding carboxylic acids is 1. The van der Waals surface area contributed by atoms with Gasteiger partial charge in [0.05, 0.1) is 13.7 Å². The third kappa shape index (κ3) is 4.20. The Kier molecular flexibility index (Phi) is 5.71. The summed E-state index contributed by atoms with van der Waals surface area (Å²) in [5.41, 5.74) is 3.08. The summed E-state index contributed by atoms with van der Waals surface area (Å²) in [4.78, 5) is 12.2. The van der Waals surface area contributed by atoms with Crippen molar-refractivity contribution in [1.29, 1.82) is 0 Å². The van der Waals surface area contributed by atoms with E-state index < -0.39 is 6.10 Å². The van der Waals surface area contributed by atoms with E-state index in [1.54, 1.807) is 7.11 Å². The summed E-state index contributed by atoms with van der Waals surface area (Å²) in [6.45, 7) is 2.59. The molecule has 0 amide bonds. The summed E-state index contributed by atoms with van der Waals surface area (Å²) in [6.07, 6.45) is 2.32. The minimum Gasteiger partial charge on any atom is -0.497 e. The lowest BCUT2D eigenvalue weighted by atomic mass is 9.96. The molecule has 132 valence electrons. The molecule has 2 aromatic carbocycles. The fourth-order valence-corrected chi connectivity index (χ4v) is 2.91. The quantitative estimate of drug-likeness (QED) is 0.402. The number of rotatable bonds is 8. The molecule has 4 nitrogen and oxygen atoms in total. The Morgan fingerprint density at radius 3 is 2.64 bits per heavy atom. The van der Waals surface area contributed by atoms with Crippen LogP contribution in [0.3, 0.4) is 0 Å². The maximum Gasteiger partial charge on any atom is 0.338 e. The molecule has 0 radical (unpaired) electrons. The number of epoxide rings is 1. The Balaban J connectivity index is 1.74. The molecule has 0 aliphatic carbocycles. The van der Waals surface area contributed by atoms with Crippen LogP contribution in [0, 0.1) is 0 Å². The van der Waals surface area contributed by atoms with Crippen molar-refractivity contribution in [3.63, 3.8) is 0 Å². The maximum atomic E-state index is 12.2. The average molecular weight is 340 g/mol. The molecule has 25 heavy (non-hydrogen) atoms. The summed E-state index contributed by atoms with van der Waals surface area (Å²) in [5.74, 6) is 0.512. The van der Waals surface area contributed by atoms with Crippen LogP contribution >= 0.6 is 0 Å². The van der Waals surface area contributed by atoms with E-state index in [4.69, 9.17) is 14.2 Å². The van der Waals surface area contributed by atoms with Crippen molar-refractivity contribution in [2.45, 2.75) is 38.4 Å². The highest BCUT2D eigenvalue weighted by molar-refractivity contribution is 5.80. The molecule has 1 aliphatic rings. The van der Waals surface area contributed by atoms with E-state index in [0.717, 1.165) is 41.7 Å². The molecule has 1 fully saturated rings. The molecule has 0 saturated carbocycles. The minimum atomic E-state index is -0.502. The van der Waals surface area contributed by atoms with Gasteiger partial charge in [0, 0.05) is 0 Å². The number of unbranched alkanes of at least 4 members (excludes halogenated alkanes) is 2. The second-order valence-electron chi connectivity index (χ2n) is 6.17. The third-order valence-electron chi connectivity index (χ3n) is 4.37. The third-order valence-corrected chi connectivity index (χ3v) is 4.37. The van der Waals surface area contributed by atoms with Crippen molar-refractivity contribution in [3.05, 3.63) is 54.1 Å². The number of ether oxygens (including phenoxy) is 3. The van der Waals surface area contributed by atoms with Crippen molar-refractivity contribution in [1.82, 2.24) is 0 Å². The van der Waals surface area contributed by atoms with Crippen LogP contribution in [-0.4, -0.2) is 25.8 Å². The highest BCUT2D eigenvalue weighted by Crippen LogP contribution is 2.44. The molecule has 1 saturated heterocycles. The van der Waals surface area contributed by atoms with Crippen LogP contribution in [0.1, 0.15) is 37.9 Å². The van der Waals surface area contributed by atoms with Gasteiger partial charge in [0.2, 0.25) is 0 Å². The van der Waals surface area contributed by atoms with Gasteiger partial charge in [-0.2, -0.15) is 0 Å². The SMILES string of the molecule is CCCCCOC(=O)C1OC1c1ccc(OC)cc1-c1ccccc1. The number of methoxy groups -OCH3 is 1. The van der Waals surface area contributed by atoms with Gasteiger partial charge in [-0.15, -0.1) is 0 Å². The molecule has 2 aromatic rings. The Morgan fingerprint density at radius 1 is 1.12 bits per heavy atom. The minimum absolute atomic E-state index is 0.250. The van der Waals surface area contributed by atoms with Gasteiger partial charge in [-0.05, 0) is 35.2 Å². The maximum absolute atomic E-state index is 12.2. The summed E-state index contributed by atoms with van der Waals surface area (Å²) >= 11 is 0. The number of esters is 1. The first-order valence-corrected chi connectivity index (χ1v) is 8.80. The summed E-state index contributed by atoms with van der Waals surface area (Å²) in [5, 5.41) is 0. The molecule has 0 aromatic heterocycles. The van der Waals surface area contributed by atoms with Gasteiger partial charge in [0.25, 0.3) is 0 Å². The van der Waals surface area contributed by atoms with Crippen molar-refractivity contribution in [3.8, 4) is 16.9 Å².